The predicted molar refractivity (Wildman–Crippen MR) is 80.1 cm³/mol. The molecule has 98 valence electrons. The third-order valence-corrected chi connectivity index (χ3v) is 3.70. The van der Waals surface area contributed by atoms with Crippen molar-refractivity contribution in [2.24, 2.45) is 0 Å². The van der Waals surface area contributed by atoms with Gasteiger partial charge in [0.05, 0.1) is 6.04 Å². The summed E-state index contributed by atoms with van der Waals surface area (Å²) in [6.45, 7) is 0. The van der Waals surface area contributed by atoms with E-state index < -0.39 is 0 Å². The topological polar surface area (TPSA) is 27.3 Å². The van der Waals surface area contributed by atoms with Crippen LogP contribution in [0.1, 0.15) is 25.7 Å². The van der Waals surface area contributed by atoms with Crippen molar-refractivity contribution in [3.8, 4) is 0 Å². The van der Waals surface area contributed by atoms with Crippen LogP contribution < -0.4 is 10.7 Å². The molecule has 0 aliphatic heterocycles. The Morgan fingerprint density at radius 3 is 2.72 bits per heavy atom. The number of nitrogens with one attached hydrogen (secondary N) is 2. The van der Waals surface area contributed by atoms with Crippen LogP contribution in [0.15, 0.2) is 36.5 Å². The maximum atomic E-state index is 5.25. The molecule has 3 nitrogen and oxygen atoms in total. The molecule has 0 aromatic carbocycles. The smallest absolute Gasteiger partial charge is 0.180 e. The van der Waals surface area contributed by atoms with Crippen molar-refractivity contribution in [1.29, 1.82) is 0 Å². The zero-order valence-corrected chi connectivity index (χ0v) is 11.6. The fourth-order valence-electron chi connectivity index (χ4n) is 2.42. The van der Waals surface area contributed by atoms with Crippen molar-refractivity contribution in [1.82, 2.24) is 15.8 Å². The number of rotatable bonds is 3. The van der Waals surface area contributed by atoms with Crippen molar-refractivity contribution in [3.05, 3.63) is 36.5 Å². The minimum absolute atomic E-state index is 0.387. The molecule has 0 saturated heterocycles. The molecule has 2 N–H and O–H groups in total. The summed E-state index contributed by atoms with van der Waals surface area (Å²) < 4.78 is 0. The Bertz CT molecular complexity index is 373. The molecular formula is C14H21N3S. The van der Waals surface area contributed by atoms with E-state index in [2.05, 4.69) is 52.2 Å². The van der Waals surface area contributed by atoms with Crippen LogP contribution in [0.25, 0.3) is 0 Å². The average molecular weight is 263 g/mol. The van der Waals surface area contributed by atoms with Gasteiger partial charge in [-0.1, -0.05) is 36.5 Å². The lowest BCUT2D eigenvalue weighted by atomic mass is 9.98. The average Bonchev–Trinajstić information content (AvgIpc) is 2.46. The van der Waals surface area contributed by atoms with E-state index in [0.29, 0.717) is 17.2 Å². The lowest BCUT2D eigenvalue weighted by molar-refractivity contribution is 0.116. The number of hydrogen-bond acceptors (Lipinski definition) is 2. The first kappa shape index (κ1) is 13.3. The van der Waals surface area contributed by atoms with Crippen LogP contribution in [0.4, 0.5) is 0 Å². The van der Waals surface area contributed by atoms with Gasteiger partial charge in [0, 0.05) is 13.1 Å². The van der Waals surface area contributed by atoms with Gasteiger partial charge in [-0.05, 0) is 37.9 Å². The summed E-state index contributed by atoms with van der Waals surface area (Å²) in [6, 6.07) is 0.903. The zero-order valence-electron chi connectivity index (χ0n) is 10.8. The second-order valence-corrected chi connectivity index (χ2v) is 5.06. The quantitative estimate of drug-likeness (QED) is 0.464. The Balaban J connectivity index is 2.06. The van der Waals surface area contributed by atoms with E-state index in [-0.39, 0.29) is 0 Å². The first-order valence-corrected chi connectivity index (χ1v) is 6.97. The molecule has 0 heterocycles. The summed E-state index contributed by atoms with van der Waals surface area (Å²) in [5.74, 6) is 0. The predicted octanol–water partition coefficient (Wildman–Crippen LogP) is 2.29. The first-order chi connectivity index (χ1) is 8.81. The molecule has 0 aromatic rings. The van der Waals surface area contributed by atoms with E-state index in [1.807, 2.05) is 7.05 Å². The highest BCUT2D eigenvalue weighted by atomic mass is 32.1. The molecule has 0 aromatic heterocycles. The van der Waals surface area contributed by atoms with E-state index in [1.54, 1.807) is 0 Å². The summed E-state index contributed by atoms with van der Waals surface area (Å²) in [4.78, 5) is 0. The highest BCUT2D eigenvalue weighted by molar-refractivity contribution is 7.80. The molecule has 2 atom stereocenters. The normalized spacial score (nSPS) is 26.3. The van der Waals surface area contributed by atoms with Crippen LogP contribution in [0.5, 0.6) is 0 Å². The van der Waals surface area contributed by atoms with Crippen LogP contribution in [-0.2, 0) is 0 Å². The van der Waals surface area contributed by atoms with Crippen LogP contribution in [0, 0.1) is 0 Å². The van der Waals surface area contributed by atoms with E-state index >= 15 is 0 Å². The van der Waals surface area contributed by atoms with Crippen molar-refractivity contribution in [2.75, 3.05) is 7.05 Å². The molecule has 2 unspecified atom stereocenters. The highest BCUT2D eigenvalue weighted by Gasteiger charge is 2.25. The monoisotopic (exact) mass is 263 g/mol. The largest absolute Gasteiger partial charge is 0.365 e. The van der Waals surface area contributed by atoms with Gasteiger partial charge in [0.25, 0.3) is 0 Å². The standard InChI is InChI=1S/C14H21N3S/c1-15-14(18)16-17(12-8-4-2-5-9-12)13-10-6-3-7-11-13/h2-6,8,12-13H,7,9-11H2,1H3,(H2,15,16,18). The van der Waals surface area contributed by atoms with E-state index in [0.717, 1.165) is 19.3 Å². The van der Waals surface area contributed by atoms with E-state index in [9.17, 15) is 0 Å². The number of allylic oxidation sites excluding steroid dienone is 3. The maximum Gasteiger partial charge on any atom is 0.180 e. The molecule has 0 fully saturated rings. The maximum absolute atomic E-state index is 5.25. The Labute approximate surface area is 115 Å². The Hall–Kier alpha value is -1.13. The summed E-state index contributed by atoms with van der Waals surface area (Å²) in [5.41, 5.74) is 3.34. The van der Waals surface area contributed by atoms with Gasteiger partial charge in [-0.3, -0.25) is 5.43 Å². The van der Waals surface area contributed by atoms with Gasteiger partial charge in [0.15, 0.2) is 5.11 Å². The van der Waals surface area contributed by atoms with Crippen molar-refractivity contribution >= 4 is 17.3 Å². The zero-order chi connectivity index (χ0) is 12.8. The summed E-state index contributed by atoms with van der Waals surface area (Å²) in [6.07, 6.45) is 17.7. The number of hydrazine groups is 1. The first-order valence-electron chi connectivity index (χ1n) is 6.56. The SMILES string of the molecule is CNC(=S)NN(C1C=CC=CC1)C1CC=CCC1. The highest BCUT2D eigenvalue weighted by Crippen LogP contribution is 2.21. The minimum Gasteiger partial charge on any atom is -0.365 e. The van der Waals surface area contributed by atoms with Crippen LogP contribution in [-0.4, -0.2) is 29.3 Å². The molecule has 0 saturated carbocycles. The molecule has 0 radical (unpaired) electrons. The van der Waals surface area contributed by atoms with E-state index in [4.69, 9.17) is 12.2 Å². The van der Waals surface area contributed by atoms with Gasteiger partial charge < -0.3 is 5.32 Å². The lowest BCUT2D eigenvalue weighted by Gasteiger charge is -2.38. The van der Waals surface area contributed by atoms with Crippen molar-refractivity contribution < 1.29 is 0 Å². The summed E-state index contributed by atoms with van der Waals surface area (Å²) in [7, 11) is 1.85. The second kappa shape index (κ2) is 6.71. The second-order valence-electron chi connectivity index (χ2n) is 4.65. The fourth-order valence-corrected chi connectivity index (χ4v) is 2.53. The number of thiocarbonyl (C=S) groups is 1. The number of hydrogen-bond donors (Lipinski definition) is 2. The van der Waals surface area contributed by atoms with E-state index in [1.165, 1.54) is 6.42 Å². The molecule has 0 bridgehead atoms. The third kappa shape index (κ3) is 3.43. The Morgan fingerprint density at radius 1 is 1.22 bits per heavy atom. The molecular weight excluding hydrogens is 242 g/mol. The molecule has 4 heteroatoms. The lowest BCUT2D eigenvalue weighted by Crippen LogP contribution is -2.55. The molecule has 2 rings (SSSR count). The molecule has 0 amide bonds. The molecule has 2 aliphatic rings. The molecule has 18 heavy (non-hydrogen) atoms. The van der Waals surface area contributed by atoms with Crippen LogP contribution in [0.2, 0.25) is 0 Å². The molecule has 2 aliphatic carbocycles. The van der Waals surface area contributed by atoms with Crippen LogP contribution >= 0.6 is 12.2 Å². The summed E-state index contributed by atoms with van der Waals surface area (Å²) >= 11 is 5.25. The van der Waals surface area contributed by atoms with Gasteiger partial charge in [0.1, 0.15) is 0 Å². The van der Waals surface area contributed by atoms with Crippen molar-refractivity contribution in [2.45, 2.75) is 37.8 Å². The minimum atomic E-state index is 0.387. The number of nitrogens with zero attached hydrogens (tertiary/aromatic N) is 1. The summed E-state index contributed by atoms with van der Waals surface area (Å²) in [5, 5.41) is 5.99. The molecule has 0 spiro atoms. The fraction of sp³-hybridized carbons (Fsp3) is 0.500. The third-order valence-electron chi connectivity index (χ3n) is 3.41. The van der Waals surface area contributed by atoms with Gasteiger partial charge >= 0.3 is 0 Å². The Kier molecular flexibility index (Phi) is 4.96. The van der Waals surface area contributed by atoms with Crippen molar-refractivity contribution in [3.63, 3.8) is 0 Å². The van der Waals surface area contributed by atoms with Gasteiger partial charge in [-0.25, -0.2) is 5.01 Å². The van der Waals surface area contributed by atoms with Gasteiger partial charge in [-0.2, -0.15) is 0 Å². The Morgan fingerprint density at radius 2 is 2.11 bits per heavy atom. The van der Waals surface area contributed by atoms with Crippen LogP contribution in [0.3, 0.4) is 0 Å². The van der Waals surface area contributed by atoms with Gasteiger partial charge in [-0.15, -0.1) is 0 Å². The van der Waals surface area contributed by atoms with Gasteiger partial charge in [0.2, 0.25) is 0 Å².